The quantitative estimate of drug-likeness (QED) is 0.228. The highest BCUT2D eigenvalue weighted by Crippen LogP contribution is 2.66. The molecular weight excluding hydrogens is 396 g/mol. The largest absolute Gasteiger partial charge is 0.0819 e. The molecule has 0 radical (unpaired) electrons. The van der Waals surface area contributed by atoms with Crippen molar-refractivity contribution >= 4 is 0 Å². The molecule has 0 aromatic heterocycles. The van der Waals surface area contributed by atoms with E-state index in [9.17, 15) is 0 Å². The lowest BCUT2D eigenvalue weighted by Crippen LogP contribution is -2.22. The molecule has 3 fully saturated rings. The first kappa shape index (κ1) is 27.3. The van der Waals surface area contributed by atoms with Crippen LogP contribution in [0, 0.1) is 70.0 Å². The predicted octanol–water partition coefficient (Wildman–Crippen LogP) is 10.4. The summed E-state index contributed by atoms with van der Waals surface area (Å²) in [7, 11) is 0. The summed E-state index contributed by atoms with van der Waals surface area (Å²) >= 11 is 0. The van der Waals surface area contributed by atoms with Crippen LogP contribution in [0.1, 0.15) is 128 Å². The van der Waals surface area contributed by atoms with E-state index in [4.69, 9.17) is 0 Å². The maximum absolute atomic E-state index is 2.68. The van der Waals surface area contributed by atoms with Gasteiger partial charge in [-0.25, -0.2) is 0 Å². The summed E-state index contributed by atoms with van der Waals surface area (Å²) in [5.74, 6) is 8.99. The summed E-state index contributed by atoms with van der Waals surface area (Å²) < 4.78 is 0. The molecule has 33 heavy (non-hydrogen) atoms. The lowest BCUT2D eigenvalue weighted by molar-refractivity contribution is 0.197. The Morgan fingerprint density at radius 2 is 1.61 bits per heavy atom. The second-order valence-corrected chi connectivity index (χ2v) is 14.3. The Labute approximate surface area is 209 Å². The van der Waals surface area contributed by atoms with Gasteiger partial charge >= 0.3 is 0 Å². The van der Waals surface area contributed by atoms with Crippen molar-refractivity contribution in [1.29, 1.82) is 0 Å². The molecule has 0 saturated heterocycles. The van der Waals surface area contributed by atoms with Crippen molar-refractivity contribution in [3.8, 4) is 0 Å². The van der Waals surface area contributed by atoms with Gasteiger partial charge in [-0.2, -0.15) is 0 Å². The van der Waals surface area contributed by atoms with Gasteiger partial charge < -0.3 is 0 Å². The first-order valence-corrected chi connectivity index (χ1v) is 15.1. The van der Waals surface area contributed by atoms with Crippen molar-refractivity contribution in [3.05, 3.63) is 11.6 Å². The molecule has 3 saturated carbocycles. The number of hydrogen-bond donors (Lipinski definition) is 0. The molecule has 0 aromatic carbocycles. The fourth-order valence-electron chi connectivity index (χ4n) is 7.97. The zero-order valence-corrected chi connectivity index (χ0v) is 24.5. The highest BCUT2D eigenvalue weighted by Gasteiger charge is 2.60. The second kappa shape index (κ2) is 10.4. The molecule has 0 amide bonds. The Morgan fingerprint density at radius 1 is 0.970 bits per heavy atom. The molecule has 3 aliphatic rings. The monoisotopic (exact) mass is 456 g/mol. The third kappa shape index (κ3) is 5.77. The third-order valence-corrected chi connectivity index (χ3v) is 12.6. The van der Waals surface area contributed by atoms with E-state index in [0.717, 1.165) is 59.2 Å². The average Bonchev–Trinajstić information content (AvgIpc) is 3.74. The Hall–Kier alpha value is -0.260. The van der Waals surface area contributed by atoms with E-state index in [2.05, 4.69) is 82.2 Å². The summed E-state index contributed by atoms with van der Waals surface area (Å²) in [5, 5.41) is 0. The molecule has 11 atom stereocenters. The van der Waals surface area contributed by atoms with E-state index < -0.39 is 0 Å². The maximum atomic E-state index is 2.68. The van der Waals surface area contributed by atoms with Crippen molar-refractivity contribution in [2.45, 2.75) is 128 Å². The van der Waals surface area contributed by atoms with Crippen LogP contribution in [-0.2, 0) is 0 Å². The van der Waals surface area contributed by atoms with Gasteiger partial charge in [0, 0.05) is 0 Å². The zero-order chi connectivity index (χ0) is 24.7. The van der Waals surface area contributed by atoms with Gasteiger partial charge in [0.1, 0.15) is 0 Å². The molecule has 192 valence electrons. The second-order valence-electron chi connectivity index (χ2n) is 14.3. The predicted molar refractivity (Wildman–Crippen MR) is 147 cm³/mol. The molecule has 0 spiro atoms. The van der Waals surface area contributed by atoms with Crippen LogP contribution >= 0.6 is 0 Å². The van der Waals surface area contributed by atoms with Crippen LogP contribution < -0.4 is 0 Å². The van der Waals surface area contributed by atoms with E-state index in [-0.39, 0.29) is 0 Å². The molecule has 0 aliphatic heterocycles. The van der Waals surface area contributed by atoms with Crippen LogP contribution in [-0.4, -0.2) is 0 Å². The first-order valence-electron chi connectivity index (χ1n) is 15.1. The fourth-order valence-corrected chi connectivity index (χ4v) is 7.97. The lowest BCUT2D eigenvalue weighted by atomic mass is 9.75. The van der Waals surface area contributed by atoms with Gasteiger partial charge in [0.2, 0.25) is 0 Å². The van der Waals surface area contributed by atoms with Gasteiger partial charge in [-0.1, -0.05) is 93.7 Å². The van der Waals surface area contributed by atoms with E-state index in [0.29, 0.717) is 10.8 Å². The minimum atomic E-state index is 0.589. The van der Waals surface area contributed by atoms with E-state index >= 15 is 0 Å². The van der Waals surface area contributed by atoms with Crippen LogP contribution in [0.25, 0.3) is 0 Å². The molecule has 3 rings (SSSR count). The molecule has 0 nitrogen and oxygen atoms in total. The lowest BCUT2D eigenvalue weighted by Gasteiger charge is -2.30. The first-order chi connectivity index (χ1) is 15.4. The van der Waals surface area contributed by atoms with Crippen LogP contribution in [0.15, 0.2) is 11.6 Å². The number of hydrogen-bond acceptors (Lipinski definition) is 0. The molecule has 3 aliphatic carbocycles. The van der Waals surface area contributed by atoms with E-state index in [1.165, 1.54) is 51.4 Å². The van der Waals surface area contributed by atoms with Crippen molar-refractivity contribution in [2.75, 3.05) is 0 Å². The average molecular weight is 457 g/mol. The number of rotatable bonds is 14. The molecule has 0 heteroatoms. The highest BCUT2D eigenvalue weighted by molar-refractivity contribution is 5.14. The minimum absolute atomic E-state index is 0.589. The van der Waals surface area contributed by atoms with E-state index in [1.807, 2.05) is 0 Å². The minimum Gasteiger partial charge on any atom is -0.0819 e. The van der Waals surface area contributed by atoms with Gasteiger partial charge in [0.25, 0.3) is 0 Å². The Morgan fingerprint density at radius 3 is 2.18 bits per heavy atom. The molecular formula is C33H60. The standard InChI is InChI=1S/C33H60/c1-12-22(3)25(6)31-26(7)29(31)20-21(2)14-13-15-30-28(9)33(30,11)27(8)23(4)16-17-24(5)32(10)18-19-32/h20,22-31H,12-19H2,1-11H3. The van der Waals surface area contributed by atoms with Gasteiger partial charge in [-0.15, -0.1) is 0 Å². The summed E-state index contributed by atoms with van der Waals surface area (Å²) in [6, 6.07) is 0. The summed E-state index contributed by atoms with van der Waals surface area (Å²) in [4.78, 5) is 0. The topological polar surface area (TPSA) is 0 Å². The SMILES string of the molecule is CCC(C)C(C)C1C(C)C1C=C(C)CCCC1C(C)C1(C)C(C)C(C)CCC(C)C1(C)CC1. The van der Waals surface area contributed by atoms with Gasteiger partial charge in [-0.05, 0) is 115 Å². The summed E-state index contributed by atoms with van der Waals surface area (Å²) in [6.07, 6.45) is 14.0. The summed E-state index contributed by atoms with van der Waals surface area (Å²) in [6.45, 7) is 27.6. The Balaban J connectivity index is 1.41. The molecule has 0 bridgehead atoms. The zero-order valence-electron chi connectivity index (χ0n) is 24.5. The highest BCUT2D eigenvalue weighted by atomic mass is 14.6. The Kier molecular flexibility index (Phi) is 8.60. The van der Waals surface area contributed by atoms with Crippen LogP contribution in [0.2, 0.25) is 0 Å². The van der Waals surface area contributed by atoms with Crippen molar-refractivity contribution in [1.82, 2.24) is 0 Å². The number of allylic oxidation sites excluding steroid dienone is 2. The normalized spacial score (nSPS) is 39.5. The van der Waals surface area contributed by atoms with Crippen molar-refractivity contribution < 1.29 is 0 Å². The van der Waals surface area contributed by atoms with E-state index in [1.54, 1.807) is 5.57 Å². The van der Waals surface area contributed by atoms with Gasteiger partial charge in [0.05, 0.1) is 0 Å². The molecule has 0 N–H and O–H groups in total. The van der Waals surface area contributed by atoms with Crippen LogP contribution in [0.4, 0.5) is 0 Å². The van der Waals surface area contributed by atoms with Crippen molar-refractivity contribution in [2.24, 2.45) is 70.0 Å². The smallest absolute Gasteiger partial charge is 0.0168 e. The maximum Gasteiger partial charge on any atom is -0.0168 e. The molecule has 0 heterocycles. The molecule has 11 unspecified atom stereocenters. The Bertz CT molecular complexity index is 668. The molecule has 0 aromatic rings. The van der Waals surface area contributed by atoms with Crippen molar-refractivity contribution in [3.63, 3.8) is 0 Å². The van der Waals surface area contributed by atoms with Gasteiger partial charge in [0.15, 0.2) is 0 Å². The fraction of sp³-hybridized carbons (Fsp3) is 0.939. The van der Waals surface area contributed by atoms with Gasteiger partial charge in [-0.3, -0.25) is 0 Å². The van der Waals surface area contributed by atoms with Crippen LogP contribution in [0.5, 0.6) is 0 Å². The van der Waals surface area contributed by atoms with Crippen LogP contribution in [0.3, 0.4) is 0 Å². The summed E-state index contributed by atoms with van der Waals surface area (Å²) in [5.41, 5.74) is 2.95. The third-order valence-electron chi connectivity index (χ3n) is 12.6.